The van der Waals surface area contributed by atoms with Crippen molar-refractivity contribution in [3.05, 3.63) is 29.8 Å². The Labute approximate surface area is 90.8 Å². The Morgan fingerprint density at radius 2 is 1.73 bits per heavy atom. The number of rotatable bonds is 6. The van der Waals surface area contributed by atoms with Crippen LogP contribution in [0.5, 0.6) is 0 Å². The van der Waals surface area contributed by atoms with Crippen molar-refractivity contribution in [1.82, 2.24) is 0 Å². The zero-order valence-electron chi connectivity index (χ0n) is 9.11. The van der Waals surface area contributed by atoms with Crippen molar-refractivity contribution in [3.63, 3.8) is 0 Å². The summed E-state index contributed by atoms with van der Waals surface area (Å²) in [6.45, 7) is 0.121. The Kier molecular flexibility index (Phi) is 5.15. The van der Waals surface area contributed by atoms with Gasteiger partial charge in [0.1, 0.15) is 0 Å². The largest absolute Gasteiger partial charge is 0.396 e. The second-order valence-corrected chi connectivity index (χ2v) is 3.72. The van der Waals surface area contributed by atoms with E-state index in [1.165, 1.54) is 5.56 Å². The first-order chi connectivity index (χ1) is 7.30. The SMILES string of the molecule is CNc1ccc(CCC(CO)CO)cc1. The molecule has 0 bridgehead atoms. The predicted molar refractivity (Wildman–Crippen MR) is 62.0 cm³/mol. The van der Waals surface area contributed by atoms with E-state index in [-0.39, 0.29) is 19.1 Å². The lowest BCUT2D eigenvalue weighted by atomic mass is 10.0. The average Bonchev–Trinajstić information content (AvgIpc) is 2.31. The monoisotopic (exact) mass is 209 g/mol. The van der Waals surface area contributed by atoms with E-state index in [0.29, 0.717) is 0 Å². The van der Waals surface area contributed by atoms with Gasteiger partial charge in [-0.3, -0.25) is 0 Å². The highest BCUT2D eigenvalue weighted by Gasteiger charge is 2.05. The van der Waals surface area contributed by atoms with E-state index in [1.807, 2.05) is 19.2 Å². The molecular formula is C12H19NO2. The number of hydrogen-bond donors (Lipinski definition) is 3. The van der Waals surface area contributed by atoms with Gasteiger partial charge in [0.15, 0.2) is 0 Å². The van der Waals surface area contributed by atoms with Gasteiger partial charge in [-0.1, -0.05) is 12.1 Å². The molecule has 0 atom stereocenters. The Morgan fingerprint density at radius 3 is 2.20 bits per heavy atom. The summed E-state index contributed by atoms with van der Waals surface area (Å²) in [5, 5.41) is 20.9. The molecule has 0 unspecified atom stereocenters. The summed E-state index contributed by atoms with van der Waals surface area (Å²) in [5.41, 5.74) is 2.33. The zero-order valence-corrected chi connectivity index (χ0v) is 9.11. The van der Waals surface area contributed by atoms with Crippen molar-refractivity contribution in [2.24, 2.45) is 5.92 Å². The smallest absolute Gasteiger partial charge is 0.0481 e. The van der Waals surface area contributed by atoms with Crippen LogP contribution in [-0.2, 0) is 6.42 Å². The van der Waals surface area contributed by atoms with Crippen LogP contribution in [0.25, 0.3) is 0 Å². The summed E-state index contributed by atoms with van der Waals surface area (Å²) in [6.07, 6.45) is 1.72. The molecule has 3 nitrogen and oxygen atoms in total. The lowest BCUT2D eigenvalue weighted by molar-refractivity contribution is 0.144. The van der Waals surface area contributed by atoms with E-state index in [2.05, 4.69) is 17.4 Å². The molecule has 0 aromatic heterocycles. The van der Waals surface area contributed by atoms with Gasteiger partial charge in [-0.25, -0.2) is 0 Å². The standard InChI is InChI=1S/C12H19NO2/c1-13-12-6-4-10(5-7-12)2-3-11(8-14)9-15/h4-7,11,13-15H,2-3,8-9H2,1H3. The molecule has 0 amide bonds. The van der Waals surface area contributed by atoms with Crippen molar-refractivity contribution in [2.45, 2.75) is 12.8 Å². The van der Waals surface area contributed by atoms with E-state index < -0.39 is 0 Å². The maximum atomic E-state index is 8.92. The summed E-state index contributed by atoms with van der Waals surface area (Å²) < 4.78 is 0. The van der Waals surface area contributed by atoms with Crippen molar-refractivity contribution < 1.29 is 10.2 Å². The van der Waals surface area contributed by atoms with Gasteiger partial charge in [0.25, 0.3) is 0 Å². The molecule has 3 N–H and O–H groups in total. The first-order valence-electron chi connectivity index (χ1n) is 5.28. The highest BCUT2D eigenvalue weighted by Crippen LogP contribution is 2.12. The summed E-state index contributed by atoms with van der Waals surface area (Å²) in [4.78, 5) is 0. The molecule has 1 aromatic carbocycles. The Balaban J connectivity index is 2.43. The summed E-state index contributed by atoms with van der Waals surface area (Å²) in [7, 11) is 1.89. The molecule has 0 heterocycles. The molecule has 15 heavy (non-hydrogen) atoms. The molecular weight excluding hydrogens is 190 g/mol. The van der Waals surface area contributed by atoms with Crippen molar-refractivity contribution in [1.29, 1.82) is 0 Å². The fourth-order valence-electron chi connectivity index (χ4n) is 1.45. The van der Waals surface area contributed by atoms with Crippen LogP contribution in [0.3, 0.4) is 0 Å². The predicted octanol–water partition coefficient (Wildman–Crippen LogP) is 1.26. The maximum Gasteiger partial charge on any atom is 0.0481 e. The Hall–Kier alpha value is -1.06. The minimum atomic E-state index is 0.00831. The fraction of sp³-hybridized carbons (Fsp3) is 0.500. The average molecular weight is 209 g/mol. The second kappa shape index (κ2) is 6.43. The molecule has 0 aliphatic rings. The third-order valence-electron chi connectivity index (χ3n) is 2.60. The second-order valence-electron chi connectivity index (χ2n) is 3.72. The lowest BCUT2D eigenvalue weighted by Crippen LogP contribution is -2.11. The summed E-state index contributed by atoms with van der Waals surface area (Å²) in [6, 6.07) is 8.19. The fourth-order valence-corrected chi connectivity index (χ4v) is 1.45. The van der Waals surface area contributed by atoms with Crippen LogP contribution < -0.4 is 5.32 Å². The van der Waals surface area contributed by atoms with E-state index in [0.717, 1.165) is 18.5 Å². The molecule has 0 saturated carbocycles. The molecule has 0 saturated heterocycles. The van der Waals surface area contributed by atoms with Gasteiger partial charge in [-0.15, -0.1) is 0 Å². The summed E-state index contributed by atoms with van der Waals surface area (Å²) >= 11 is 0. The molecule has 1 rings (SSSR count). The third-order valence-corrected chi connectivity index (χ3v) is 2.60. The Bertz CT molecular complexity index is 267. The number of hydrogen-bond acceptors (Lipinski definition) is 3. The number of anilines is 1. The van der Waals surface area contributed by atoms with Crippen LogP contribution in [0.4, 0.5) is 5.69 Å². The van der Waals surface area contributed by atoms with Gasteiger partial charge in [-0.2, -0.15) is 0 Å². The van der Waals surface area contributed by atoms with E-state index in [1.54, 1.807) is 0 Å². The number of benzene rings is 1. The van der Waals surface area contributed by atoms with Crippen molar-refractivity contribution >= 4 is 5.69 Å². The van der Waals surface area contributed by atoms with E-state index in [4.69, 9.17) is 10.2 Å². The number of aliphatic hydroxyl groups is 2. The zero-order chi connectivity index (χ0) is 11.1. The van der Waals surface area contributed by atoms with Crippen LogP contribution in [0.15, 0.2) is 24.3 Å². The molecule has 0 fully saturated rings. The number of aliphatic hydroxyl groups excluding tert-OH is 2. The van der Waals surface area contributed by atoms with Gasteiger partial charge >= 0.3 is 0 Å². The first kappa shape index (κ1) is 12.0. The van der Waals surface area contributed by atoms with Crippen molar-refractivity contribution in [3.8, 4) is 0 Å². The molecule has 1 aromatic rings. The Morgan fingerprint density at radius 1 is 1.13 bits per heavy atom. The van der Waals surface area contributed by atoms with Crippen LogP contribution in [0, 0.1) is 5.92 Å². The van der Waals surface area contributed by atoms with Gasteiger partial charge in [0.2, 0.25) is 0 Å². The number of nitrogens with one attached hydrogen (secondary N) is 1. The highest BCUT2D eigenvalue weighted by molar-refractivity contribution is 5.43. The van der Waals surface area contributed by atoms with E-state index in [9.17, 15) is 0 Å². The van der Waals surface area contributed by atoms with Crippen molar-refractivity contribution in [2.75, 3.05) is 25.6 Å². The first-order valence-corrected chi connectivity index (χ1v) is 5.28. The van der Waals surface area contributed by atoms with Gasteiger partial charge < -0.3 is 15.5 Å². The van der Waals surface area contributed by atoms with Crippen LogP contribution in [-0.4, -0.2) is 30.5 Å². The van der Waals surface area contributed by atoms with Crippen LogP contribution >= 0.6 is 0 Å². The topological polar surface area (TPSA) is 52.5 Å². The molecule has 0 aliphatic carbocycles. The van der Waals surface area contributed by atoms with Crippen LogP contribution in [0.1, 0.15) is 12.0 Å². The summed E-state index contributed by atoms with van der Waals surface area (Å²) in [5.74, 6) is 0.00831. The lowest BCUT2D eigenvalue weighted by Gasteiger charge is -2.10. The molecule has 0 spiro atoms. The van der Waals surface area contributed by atoms with Crippen LogP contribution in [0.2, 0.25) is 0 Å². The van der Waals surface area contributed by atoms with Gasteiger partial charge in [0.05, 0.1) is 0 Å². The third kappa shape index (κ3) is 3.90. The molecule has 84 valence electrons. The normalized spacial score (nSPS) is 10.7. The van der Waals surface area contributed by atoms with E-state index >= 15 is 0 Å². The van der Waals surface area contributed by atoms with Gasteiger partial charge in [-0.05, 0) is 30.5 Å². The molecule has 0 aliphatic heterocycles. The quantitative estimate of drug-likeness (QED) is 0.661. The minimum absolute atomic E-state index is 0.00831. The molecule has 0 radical (unpaired) electrons. The van der Waals surface area contributed by atoms with Gasteiger partial charge in [0, 0.05) is 31.9 Å². The minimum Gasteiger partial charge on any atom is -0.396 e. The number of aryl methyl sites for hydroxylation is 1. The maximum absolute atomic E-state index is 8.92. The molecule has 3 heteroatoms. The highest BCUT2D eigenvalue weighted by atomic mass is 16.3.